The van der Waals surface area contributed by atoms with Crippen molar-refractivity contribution in [2.75, 3.05) is 0 Å². The molecule has 0 aliphatic carbocycles. The molecule has 2 rings (SSSR count). The first kappa shape index (κ1) is 14.6. The molecule has 0 saturated heterocycles. The molecule has 1 amide bonds. The Bertz CT molecular complexity index is 694. The maximum absolute atomic E-state index is 11.9. The van der Waals surface area contributed by atoms with Gasteiger partial charge in [-0.3, -0.25) is 9.59 Å². The van der Waals surface area contributed by atoms with E-state index >= 15 is 0 Å². The van der Waals surface area contributed by atoms with Gasteiger partial charge in [0.05, 0.1) is 5.52 Å². The molecule has 1 aromatic carbocycles. The van der Waals surface area contributed by atoms with Crippen molar-refractivity contribution in [1.29, 1.82) is 0 Å². The van der Waals surface area contributed by atoms with E-state index in [0.717, 1.165) is 6.42 Å². The fraction of sp³-hybridized carbons (Fsp3) is 0.333. The summed E-state index contributed by atoms with van der Waals surface area (Å²) in [5, 5.41) is 3.94. The van der Waals surface area contributed by atoms with Gasteiger partial charge < -0.3 is 9.88 Å². The number of carbonyl (C=O) groups excluding carboxylic acids is 1. The highest BCUT2D eigenvalue weighted by Gasteiger charge is 2.09. The van der Waals surface area contributed by atoms with E-state index in [1.165, 1.54) is 6.07 Å². The Labute approximate surface area is 122 Å². The minimum atomic E-state index is -0.0962. The minimum Gasteiger partial charge on any atom is -0.352 e. The quantitative estimate of drug-likeness (QED) is 0.941. The van der Waals surface area contributed by atoms with Gasteiger partial charge in [-0.05, 0) is 31.5 Å². The largest absolute Gasteiger partial charge is 0.352 e. The third-order valence-corrected chi connectivity index (χ3v) is 3.51. The van der Waals surface area contributed by atoms with Crippen LogP contribution in [-0.4, -0.2) is 16.5 Å². The van der Waals surface area contributed by atoms with Crippen molar-refractivity contribution < 1.29 is 4.79 Å². The van der Waals surface area contributed by atoms with Gasteiger partial charge in [0, 0.05) is 28.7 Å². The number of rotatable bonds is 4. The summed E-state index contributed by atoms with van der Waals surface area (Å²) in [6.07, 6.45) is 2.51. The standard InChI is InChI=1S/C15H17ClN2O2/c1-3-10(2)17-15(20)9-18-7-6-14(19)12-8-11(16)4-5-13(12)18/h4-8,10H,3,9H2,1-2H3,(H,17,20)/t10-/m1/s1. The van der Waals surface area contributed by atoms with E-state index in [1.54, 1.807) is 29.0 Å². The molecule has 0 fully saturated rings. The predicted molar refractivity (Wildman–Crippen MR) is 81.1 cm³/mol. The second-order valence-electron chi connectivity index (χ2n) is 4.85. The van der Waals surface area contributed by atoms with Crippen LogP contribution in [-0.2, 0) is 11.3 Å². The highest BCUT2D eigenvalue weighted by molar-refractivity contribution is 6.31. The second kappa shape index (κ2) is 6.09. The Morgan fingerprint density at radius 2 is 2.15 bits per heavy atom. The first-order valence-corrected chi connectivity index (χ1v) is 6.97. The lowest BCUT2D eigenvalue weighted by molar-refractivity contribution is -0.122. The molecule has 1 N–H and O–H groups in total. The molecule has 106 valence electrons. The zero-order valence-electron chi connectivity index (χ0n) is 11.5. The molecule has 0 spiro atoms. The maximum atomic E-state index is 11.9. The smallest absolute Gasteiger partial charge is 0.240 e. The van der Waals surface area contributed by atoms with Crippen LogP contribution in [0.2, 0.25) is 5.02 Å². The number of nitrogens with zero attached hydrogens (tertiary/aromatic N) is 1. The van der Waals surface area contributed by atoms with Crippen LogP contribution < -0.4 is 10.7 Å². The molecule has 1 aromatic heterocycles. The second-order valence-corrected chi connectivity index (χ2v) is 5.28. The van der Waals surface area contributed by atoms with Gasteiger partial charge >= 0.3 is 0 Å². The summed E-state index contributed by atoms with van der Waals surface area (Å²) >= 11 is 5.91. The topological polar surface area (TPSA) is 51.1 Å². The van der Waals surface area contributed by atoms with Crippen LogP contribution in [0.5, 0.6) is 0 Å². The summed E-state index contributed by atoms with van der Waals surface area (Å²) in [7, 11) is 0. The van der Waals surface area contributed by atoms with Crippen molar-refractivity contribution in [1.82, 2.24) is 9.88 Å². The first-order chi connectivity index (χ1) is 9.51. The predicted octanol–water partition coefficient (Wildman–Crippen LogP) is 2.57. The third kappa shape index (κ3) is 3.20. The fourth-order valence-corrected chi connectivity index (χ4v) is 2.17. The SMILES string of the molecule is CC[C@@H](C)NC(=O)Cn1ccc(=O)c2cc(Cl)ccc21. The van der Waals surface area contributed by atoms with Gasteiger partial charge in [-0.2, -0.15) is 0 Å². The molecule has 2 aromatic rings. The number of pyridine rings is 1. The summed E-state index contributed by atoms with van der Waals surface area (Å²) in [5.74, 6) is -0.0701. The van der Waals surface area contributed by atoms with E-state index in [-0.39, 0.29) is 23.9 Å². The number of hydrogen-bond acceptors (Lipinski definition) is 2. The van der Waals surface area contributed by atoms with Crippen molar-refractivity contribution >= 4 is 28.4 Å². The van der Waals surface area contributed by atoms with Gasteiger partial charge in [0.25, 0.3) is 0 Å². The molecule has 0 aliphatic rings. The zero-order valence-corrected chi connectivity index (χ0v) is 12.3. The van der Waals surface area contributed by atoms with Crippen LogP contribution in [0.25, 0.3) is 10.9 Å². The van der Waals surface area contributed by atoms with E-state index in [9.17, 15) is 9.59 Å². The highest BCUT2D eigenvalue weighted by atomic mass is 35.5. The summed E-state index contributed by atoms with van der Waals surface area (Å²) in [6, 6.07) is 6.70. The molecule has 1 atom stereocenters. The number of aromatic nitrogens is 1. The molecular formula is C15H17ClN2O2. The van der Waals surface area contributed by atoms with Crippen LogP contribution in [0.1, 0.15) is 20.3 Å². The molecule has 20 heavy (non-hydrogen) atoms. The van der Waals surface area contributed by atoms with Crippen LogP contribution in [0.4, 0.5) is 0 Å². The normalized spacial score (nSPS) is 12.3. The third-order valence-electron chi connectivity index (χ3n) is 3.27. The Kier molecular flexibility index (Phi) is 4.45. The van der Waals surface area contributed by atoms with Crippen molar-refractivity contribution in [3.63, 3.8) is 0 Å². The fourth-order valence-electron chi connectivity index (χ4n) is 2.00. The number of halogens is 1. The average molecular weight is 293 g/mol. The lowest BCUT2D eigenvalue weighted by Crippen LogP contribution is -2.34. The van der Waals surface area contributed by atoms with Crippen LogP contribution >= 0.6 is 11.6 Å². The summed E-state index contributed by atoms with van der Waals surface area (Å²) < 4.78 is 1.75. The number of hydrogen-bond donors (Lipinski definition) is 1. The van der Waals surface area contributed by atoms with E-state index in [1.807, 2.05) is 13.8 Å². The van der Waals surface area contributed by atoms with Crippen molar-refractivity contribution in [3.05, 3.63) is 45.7 Å². The van der Waals surface area contributed by atoms with Crippen molar-refractivity contribution in [2.45, 2.75) is 32.9 Å². The minimum absolute atomic E-state index is 0.0701. The molecule has 0 radical (unpaired) electrons. The van der Waals surface area contributed by atoms with E-state index in [0.29, 0.717) is 15.9 Å². The monoisotopic (exact) mass is 292 g/mol. The van der Waals surface area contributed by atoms with Crippen LogP contribution in [0.3, 0.4) is 0 Å². The summed E-state index contributed by atoms with van der Waals surface area (Å²) in [5.41, 5.74) is 0.613. The van der Waals surface area contributed by atoms with Gasteiger partial charge in [-0.1, -0.05) is 18.5 Å². The molecule has 1 heterocycles. The molecule has 0 unspecified atom stereocenters. The van der Waals surface area contributed by atoms with Crippen LogP contribution in [0.15, 0.2) is 35.3 Å². The molecule has 5 heteroatoms. The van der Waals surface area contributed by atoms with Gasteiger partial charge in [-0.15, -0.1) is 0 Å². The Morgan fingerprint density at radius 1 is 1.40 bits per heavy atom. The van der Waals surface area contributed by atoms with Crippen molar-refractivity contribution in [2.24, 2.45) is 0 Å². The molecule has 0 saturated carbocycles. The summed E-state index contributed by atoms with van der Waals surface area (Å²) in [4.78, 5) is 23.8. The molecule has 4 nitrogen and oxygen atoms in total. The van der Waals surface area contributed by atoms with Gasteiger partial charge in [0.2, 0.25) is 5.91 Å². The van der Waals surface area contributed by atoms with Crippen molar-refractivity contribution in [3.8, 4) is 0 Å². The first-order valence-electron chi connectivity index (χ1n) is 6.59. The van der Waals surface area contributed by atoms with Gasteiger partial charge in [0.1, 0.15) is 6.54 Å². The lowest BCUT2D eigenvalue weighted by atomic mass is 10.2. The zero-order chi connectivity index (χ0) is 14.7. The number of carbonyl (C=O) groups is 1. The Hall–Kier alpha value is -1.81. The highest BCUT2D eigenvalue weighted by Crippen LogP contribution is 2.16. The maximum Gasteiger partial charge on any atom is 0.240 e. The van der Waals surface area contributed by atoms with Gasteiger partial charge in [-0.25, -0.2) is 0 Å². The Balaban J connectivity index is 2.34. The number of fused-ring (bicyclic) bond motifs is 1. The number of benzene rings is 1. The van der Waals surface area contributed by atoms with E-state index in [4.69, 9.17) is 11.6 Å². The number of nitrogens with one attached hydrogen (secondary N) is 1. The van der Waals surface area contributed by atoms with E-state index < -0.39 is 0 Å². The average Bonchev–Trinajstić information content (AvgIpc) is 2.42. The van der Waals surface area contributed by atoms with E-state index in [2.05, 4.69) is 5.32 Å². The Morgan fingerprint density at radius 3 is 2.85 bits per heavy atom. The van der Waals surface area contributed by atoms with Gasteiger partial charge in [0.15, 0.2) is 5.43 Å². The molecule has 0 bridgehead atoms. The molecule has 0 aliphatic heterocycles. The summed E-state index contributed by atoms with van der Waals surface area (Å²) in [6.45, 7) is 4.16. The number of amides is 1. The van der Waals surface area contributed by atoms with Crippen LogP contribution in [0, 0.1) is 0 Å². The lowest BCUT2D eigenvalue weighted by Gasteiger charge is -2.14. The molecular weight excluding hydrogens is 276 g/mol.